The molecule has 5 heteroatoms. The van der Waals surface area contributed by atoms with E-state index in [4.69, 9.17) is 11.6 Å². The molecule has 3 rings (SSSR count). The minimum absolute atomic E-state index is 0.276. The molecule has 15 heavy (non-hydrogen) atoms. The van der Waals surface area contributed by atoms with Crippen molar-refractivity contribution in [3.8, 4) is 0 Å². The van der Waals surface area contributed by atoms with Crippen LogP contribution in [0.4, 0.5) is 4.39 Å². The minimum atomic E-state index is -0.328. The van der Waals surface area contributed by atoms with Gasteiger partial charge in [0.15, 0.2) is 10.8 Å². The molecule has 0 aliphatic rings. The Labute approximate surface area is 89.1 Å². The Bertz CT molecular complexity index is 662. The van der Waals surface area contributed by atoms with Gasteiger partial charge in [0.1, 0.15) is 5.82 Å². The Kier molecular flexibility index (Phi) is 1.67. The number of fused-ring (bicyclic) bond motifs is 3. The molecule has 0 radical (unpaired) electrons. The zero-order valence-electron chi connectivity index (χ0n) is 7.48. The first kappa shape index (κ1) is 8.61. The van der Waals surface area contributed by atoms with Crippen LogP contribution in [-0.2, 0) is 0 Å². The smallest absolute Gasteiger partial charge is 0.175 e. The number of hydrogen-bond donors (Lipinski definition) is 0. The molecule has 0 N–H and O–H groups in total. The van der Waals surface area contributed by atoms with Crippen molar-refractivity contribution in [1.82, 2.24) is 14.4 Å². The van der Waals surface area contributed by atoms with Gasteiger partial charge in [-0.1, -0.05) is 11.6 Å². The highest BCUT2D eigenvalue weighted by molar-refractivity contribution is 6.32. The summed E-state index contributed by atoms with van der Waals surface area (Å²) in [5.41, 5.74) is 1.88. The van der Waals surface area contributed by atoms with Crippen molar-refractivity contribution >= 4 is 28.3 Å². The van der Waals surface area contributed by atoms with E-state index in [0.29, 0.717) is 11.2 Å². The number of benzene rings is 1. The molecular formula is C10H5ClFN3. The lowest BCUT2D eigenvalue weighted by Gasteiger charge is -2.02. The van der Waals surface area contributed by atoms with Gasteiger partial charge < -0.3 is 0 Å². The van der Waals surface area contributed by atoms with Gasteiger partial charge >= 0.3 is 0 Å². The van der Waals surface area contributed by atoms with Crippen molar-refractivity contribution in [2.45, 2.75) is 0 Å². The maximum absolute atomic E-state index is 13.0. The number of halogens is 2. The fourth-order valence-electron chi connectivity index (χ4n) is 1.60. The molecule has 0 amide bonds. The molecule has 0 fully saturated rings. The lowest BCUT2D eigenvalue weighted by molar-refractivity contribution is 0.629. The van der Waals surface area contributed by atoms with Gasteiger partial charge in [-0.2, -0.15) is 0 Å². The summed E-state index contributed by atoms with van der Waals surface area (Å²) in [7, 11) is 0. The number of nitrogens with zero attached hydrogens (tertiary/aromatic N) is 3. The van der Waals surface area contributed by atoms with Crippen molar-refractivity contribution in [2.24, 2.45) is 0 Å². The molecule has 1 aromatic carbocycles. The summed E-state index contributed by atoms with van der Waals surface area (Å²) in [6, 6.07) is 4.39. The third-order valence-corrected chi connectivity index (χ3v) is 2.49. The summed E-state index contributed by atoms with van der Waals surface area (Å²) in [5.74, 6) is -0.328. The second-order valence-electron chi connectivity index (χ2n) is 3.16. The van der Waals surface area contributed by atoms with E-state index >= 15 is 0 Å². The summed E-state index contributed by atoms with van der Waals surface area (Å²) in [6.45, 7) is 0. The molecule has 0 saturated carbocycles. The molecule has 0 bridgehead atoms. The third kappa shape index (κ3) is 1.18. The molecule has 0 aliphatic heterocycles. The highest BCUT2D eigenvalue weighted by Gasteiger charge is 2.07. The van der Waals surface area contributed by atoms with Gasteiger partial charge in [0.2, 0.25) is 0 Å². The maximum atomic E-state index is 13.0. The Morgan fingerprint density at radius 1 is 1.33 bits per heavy atom. The van der Waals surface area contributed by atoms with Gasteiger partial charge in [-0.15, -0.1) is 0 Å². The van der Waals surface area contributed by atoms with Crippen molar-refractivity contribution in [3.63, 3.8) is 0 Å². The van der Waals surface area contributed by atoms with Crippen LogP contribution >= 0.6 is 11.6 Å². The molecule has 0 spiro atoms. The molecule has 3 aromatic rings. The van der Waals surface area contributed by atoms with Crippen LogP contribution in [0.1, 0.15) is 0 Å². The van der Waals surface area contributed by atoms with Crippen LogP contribution in [0.2, 0.25) is 5.15 Å². The predicted octanol–water partition coefficient (Wildman–Crippen LogP) is 2.68. The molecule has 0 aliphatic carbocycles. The summed E-state index contributed by atoms with van der Waals surface area (Å²) < 4.78 is 14.8. The van der Waals surface area contributed by atoms with Crippen LogP contribution in [0.3, 0.4) is 0 Å². The predicted molar refractivity (Wildman–Crippen MR) is 55.5 cm³/mol. The van der Waals surface area contributed by atoms with Crippen LogP contribution in [0.5, 0.6) is 0 Å². The first-order valence-electron chi connectivity index (χ1n) is 4.33. The highest BCUT2D eigenvalue weighted by Crippen LogP contribution is 2.20. The van der Waals surface area contributed by atoms with E-state index in [2.05, 4.69) is 9.97 Å². The van der Waals surface area contributed by atoms with E-state index in [-0.39, 0.29) is 11.0 Å². The average molecular weight is 222 g/mol. The average Bonchev–Trinajstić information content (AvgIpc) is 2.66. The first-order chi connectivity index (χ1) is 7.25. The number of imidazole rings is 1. The molecule has 3 nitrogen and oxygen atoms in total. The van der Waals surface area contributed by atoms with Crippen LogP contribution < -0.4 is 0 Å². The second kappa shape index (κ2) is 2.90. The summed E-state index contributed by atoms with van der Waals surface area (Å²) in [5, 5.41) is 0.276. The van der Waals surface area contributed by atoms with Gasteiger partial charge in [0, 0.05) is 18.5 Å². The number of aromatic nitrogens is 3. The van der Waals surface area contributed by atoms with Crippen molar-refractivity contribution in [2.75, 3.05) is 0 Å². The van der Waals surface area contributed by atoms with Crippen LogP contribution in [0.15, 0.2) is 30.6 Å². The van der Waals surface area contributed by atoms with Gasteiger partial charge in [0.25, 0.3) is 0 Å². The standard InChI is InChI=1S/C10H5ClFN3/c11-9-10-13-3-4-15(10)8-2-1-6(12)5-7(8)14-9/h1-5H. The maximum Gasteiger partial charge on any atom is 0.175 e. The molecule has 2 aromatic heterocycles. The Morgan fingerprint density at radius 2 is 2.20 bits per heavy atom. The fraction of sp³-hybridized carbons (Fsp3) is 0. The van der Waals surface area contributed by atoms with E-state index < -0.39 is 0 Å². The normalized spacial score (nSPS) is 11.3. The Balaban J connectivity index is 2.60. The summed E-state index contributed by atoms with van der Waals surface area (Å²) in [4.78, 5) is 8.14. The fourth-order valence-corrected chi connectivity index (χ4v) is 1.83. The lowest BCUT2D eigenvalue weighted by atomic mass is 10.3. The molecular weight excluding hydrogens is 217 g/mol. The number of rotatable bonds is 0. The molecule has 74 valence electrons. The Morgan fingerprint density at radius 3 is 3.07 bits per heavy atom. The number of hydrogen-bond acceptors (Lipinski definition) is 2. The zero-order valence-corrected chi connectivity index (χ0v) is 8.24. The SMILES string of the molecule is Fc1ccc2c(c1)nc(Cl)c1nccn12. The highest BCUT2D eigenvalue weighted by atomic mass is 35.5. The largest absolute Gasteiger partial charge is 0.296 e. The van der Waals surface area contributed by atoms with Gasteiger partial charge in [0.05, 0.1) is 11.0 Å². The molecule has 2 heterocycles. The topological polar surface area (TPSA) is 30.2 Å². The van der Waals surface area contributed by atoms with E-state index in [0.717, 1.165) is 5.52 Å². The monoisotopic (exact) mass is 221 g/mol. The summed E-state index contributed by atoms with van der Waals surface area (Å²) in [6.07, 6.45) is 3.40. The molecule has 0 saturated heterocycles. The van der Waals surface area contributed by atoms with Crippen LogP contribution in [0, 0.1) is 5.82 Å². The van der Waals surface area contributed by atoms with Gasteiger partial charge in [-0.05, 0) is 12.1 Å². The van der Waals surface area contributed by atoms with Crippen molar-refractivity contribution in [3.05, 3.63) is 41.6 Å². The van der Waals surface area contributed by atoms with E-state index in [9.17, 15) is 4.39 Å². The third-order valence-electron chi connectivity index (χ3n) is 2.24. The molecule has 0 atom stereocenters. The van der Waals surface area contributed by atoms with Crippen molar-refractivity contribution < 1.29 is 4.39 Å². The minimum Gasteiger partial charge on any atom is -0.296 e. The zero-order chi connectivity index (χ0) is 10.4. The van der Waals surface area contributed by atoms with Gasteiger partial charge in [-0.25, -0.2) is 14.4 Å². The van der Waals surface area contributed by atoms with Crippen molar-refractivity contribution in [1.29, 1.82) is 0 Å². The first-order valence-corrected chi connectivity index (χ1v) is 4.71. The summed E-state index contributed by atoms with van der Waals surface area (Å²) >= 11 is 5.91. The quantitative estimate of drug-likeness (QED) is 0.584. The molecule has 0 unspecified atom stereocenters. The van der Waals surface area contributed by atoms with Crippen LogP contribution in [0.25, 0.3) is 16.7 Å². The van der Waals surface area contributed by atoms with E-state index in [1.165, 1.54) is 12.1 Å². The van der Waals surface area contributed by atoms with Gasteiger partial charge in [-0.3, -0.25) is 4.40 Å². The Hall–Kier alpha value is -1.68. The van der Waals surface area contributed by atoms with E-state index in [1.807, 2.05) is 0 Å². The second-order valence-corrected chi connectivity index (χ2v) is 3.51. The van der Waals surface area contributed by atoms with Crippen LogP contribution in [-0.4, -0.2) is 14.4 Å². The lowest BCUT2D eigenvalue weighted by Crippen LogP contribution is -1.92. The van der Waals surface area contributed by atoms with E-state index in [1.54, 1.807) is 22.9 Å².